The fraction of sp³-hybridized carbons (Fsp3) is 0.421. The van der Waals surface area contributed by atoms with E-state index in [0.717, 1.165) is 0 Å². The van der Waals surface area contributed by atoms with E-state index in [0.29, 0.717) is 37.2 Å². The zero-order valence-electron chi connectivity index (χ0n) is 16.2. The van der Waals surface area contributed by atoms with Gasteiger partial charge >= 0.3 is 0 Å². The number of nitrogens with one attached hydrogen (secondary N) is 1. The Labute approximate surface area is 169 Å². The van der Waals surface area contributed by atoms with Crippen molar-refractivity contribution in [2.45, 2.75) is 26.2 Å². The lowest BCUT2D eigenvalue weighted by molar-refractivity contribution is -0.120. The van der Waals surface area contributed by atoms with Crippen LogP contribution >= 0.6 is 0 Å². The number of amides is 2. The number of piperidine rings is 1. The second kappa shape index (κ2) is 8.75. The number of hydrogen-bond acceptors (Lipinski definition) is 5. The molecular weight excluding hydrogens is 394 g/mol. The van der Waals surface area contributed by atoms with Crippen molar-refractivity contribution < 1.29 is 18.0 Å². The Kier molecular flexibility index (Phi) is 6.33. The summed E-state index contributed by atoms with van der Waals surface area (Å²) in [6.45, 7) is 2.51. The Morgan fingerprint density at radius 2 is 1.97 bits per heavy atom. The monoisotopic (exact) mass is 419 g/mol. The van der Waals surface area contributed by atoms with E-state index in [1.54, 1.807) is 30.5 Å². The van der Waals surface area contributed by atoms with Gasteiger partial charge in [-0.05, 0) is 49.6 Å². The van der Waals surface area contributed by atoms with Crippen molar-refractivity contribution in [2.75, 3.05) is 24.2 Å². The highest BCUT2D eigenvalue weighted by atomic mass is 32.2. The van der Waals surface area contributed by atoms with Gasteiger partial charge in [0, 0.05) is 25.0 Å². The van der Waals surface area contributed by atoms with Crippen LogP contribution in [0.5, 0.6) is 0 Å². The Morgan fingerprint density at radius 3 is 2.59 bits per heavy atom. The second-order valence-corrected chi connectivity index (χ2v) is 9.15. The molecule has 0 spiro atoms. The molecule has 1 aromatic heterocycles. The minimum atomic E-state index is -3.30. The van der Waals surface area contributed by atoms with Gasteiger partial charge in [-0.2, -0.15) is 5.10 Å². The third kappa shape index (κ3) is 5.01. The van der Waals surface area contributed by atoms with E-state index in [1.165, 1.54) is 15.1 Å². The Morgan fingerprint density at radius 1 is 1.24 bits per heavy atom. The van der Waals surface area contributed by atoms with Crippen LogP contribution in [-0.2, 0) is 14.8 Å². The molecule has 1 aliphatic heterocycles. The van der Waals surface area contributed by atoms with E-state index in [1.807, 2.05) is 6.92 Å². The topological polar surface area (TPSA) is 127 Å². The van der Waals surface area contributed by atoms with Gasteiger partial charge in [-0.1, -0.05) is 6.92 Å². The summed E-state index contributed by atoms with van der Waals surface area (Å²) in [7, 11) is -3.30. The number of anilines is 1. The molecule has 3 N–H and O–H groups in total. The van der Waals surface area contributed by atoms with Crippen LogP contribution in [0.4, 0.5) is 5.69 Å². The summed E-state index contributed by atoms with van der Waals surface area (Å²) in [6, 6.07) is 8.50. The average Bonchev–Trinajstić information content (AvgIpc) is 3.19. The summed E-state index contributed by atoms with van der Waals surface area (Å²) >= 11 is 0. The summed E-state index contributed by atoms with van der Waals surface area (Å²) in [5.41, 5.74) is 6.69. The second-order valence-electron chi connectivity index (χ2n) is 7.06. The maximum atomic E-state index is 12.6. The third-order valence-corrected chi connectivity index (χ3v) is 6.89. The fourth-order valence-electron chi connectivity index (χ4n) is 3.34. The first-order valence-electron chi connectivity index (χ1n) is 9.55. The lowest BCUT2D eigenvalue weighted by Crippen LogP contribution is -2.44. The first-order valence-corrected chi connectivity index (χ1v) is 11.2. The molecule has 1 aliphatic rings. The normalized spacial score (nSPS) is 17.8. The number of hydrogen-bond donors (Lipinski definition) is 2. The molecule has 0 radical (unpaired) electrons. The number of rotatable bonds is 7. The van der Waals surface area contributed by atoms with Crippen LogP contribution < -0.4 is 11.1 Å². The van der Waals surface area contributed by atoms with Gasteiger partial charge in [0.05, 0.1) is 17.4 Å². The first kappa shape index (κ1) is 21.0. The van der Waals surface area contributed by atoms with Crippen LogP contribution in [-0.4, -0.2) is 53.2 Å². The van der Waals surface area contributed by atoms with Crippen molar-refractivity contribution in [2.24, 2.45) is 11.7 Å². The summed E-state index contributed by atoms with van der Waals surface area (Å²) < 4.78 is 27.5. The maximum absolute atomic E-state index is 12.6. The molecule has 9 nitrogen and oxygen atoms in total. The average molecular weight is 420 g/mol. The number of aromatic nitrogens is 2. The molecule has 10 heteroatoms. The van der Waals surface area contributed by atoms with Crippen LogP contribution in [0, 0.1) is 5.92 Å². The summed E-state index contributed by atoms with van der Waals surface area (Å²) in [6.07, 6.45) is 3.51. The predicted octanol–water partition coefficient (Wildman–Crippen LogP) is 1.36. The molecule has 0 bridgehead atoms. The summed E-state index contributed by atoms with van der Waals surface area (Å²) in [5.74, 6) is -1.06. The number of primary amides is 1. The van der Waals surface area contributed by atoms with Crippen molar-refractivity contribution >= 4 is 27.5 Å². The quantitative estimate of drug-likeness (QED) is 0.700. The molecule has 1 unspecified atom stereocenters. The van der Waals surface area contributed by atoms with E-state index in [9.17, 15) is 18.0 Å². The van der Waals surface area contributed by atoms with Crippen LogP contribution in [0.2, 0.25) is 0 Å². The van der Waals surface area contributed by atoms with E-state index in [2.05, 4.69) is 10.4 Å². The number of nitrogens with zero attached hydrogens (tertiary/aromatic N) is 3. The molecule has 0 saturated carbocycles. The third-order valence-electron chi connectivity index (χ3n) is 4.85. The molecule has 1 aromatic carbocycles. The minimum Gasteiger partial charge on any atom is -0.364 e. The van der Waals surface area contributed by atoms with Gasteiger partial charge in [-0.15, -0.1) is 0 Å². The summed E-state index contributed by atoms with van der Waals surface area (Å²) in [5, 5.41) is 6.94. The zero-order valence-corrected chi connectivity index (χ0v) is 17.1. The lowest BCUT2D eigenvalue weighted by atomic mass is 9.98. The lowest BCUT2D eigenvalue weighted by Gasteiger charge is -2.31. The molecular formula is C19H25N5O4S. The summed E-state index contributed by atoms with van der Waals surface area (Å²) in [4.78, 5) is 23.8. The highest BCUT2D eigenvalue weighted by Gasteiger charge is 2.31. The van der Waals surface area contributed by atoms with Gasteiger partial charge in [-0.3, -0.25) is 9.59 Å². The zero-order chi connectivity index (χ0) is 21.0. The minimum absolute atomic E-state index is 0.105. The highest BCUT2D eigenvalue weighted by molar-refractivity contribution is 7.89. The standard InChI is InChI=1S/C19H25N5O4S/c1-2-12-29(27,28)23-10-3-4-14(13-23)19(26)21-15-5-7-16(8-6-15)24-11-9-17(22-24)18(20)25/h5-9,11,14H,2-4,10,12-13H2,1H3,(H2,20,25)(H,21,26). The highest BCUT2D eigenvalue weighted by Crippen LogP contribution is 2.22. The van der Waals surface area contributed by atoms with Gasteiger partial charge < -0.3 is 11.1 Å². The molecule has 156 valence electrons. The van der Waals surface area contributed by atoms with E-state index in [4.69, 9.17) is 5.73 Å². The van der Waals surface area contributed by atoms with Crippen molar-refractivity contribution in [3.05, 3.63) is 42.2 Å². The number of carbonyl (C=O) groups excluding carboxylic acids is 2. The molecule has 1 saturated heterocycles. The van der Waals surface area contributed by atoms with Gasteiger partial charge in [0.15, 0.2) is 0 Å². The maximum Gasteiger partial charge on any atom is 0.269 e. The largest absolute Gasteiger partial charge is 0.364 e. The van der Waals surface area contributed by atoms with Crippen LogP contribution in [0.15, 0.2) is 36.5 Å². The van der Waals surface area contributed by atoms with Gasteiger partial charge in [-0.25, -0.2) is 17.4 Å². The van der Waals surface area contributed by atoms with Crippen molar-refractivity contribution in [3.8, 4) is 5.69 Å². The van der Waals surface area contributed by atoms with Gasteiger partial charge in [0.25, 0.3) is 5.91 Å². The van der Waals surface area contributed by atoms with E-state index < -0.39 is 15.9 Å². The number of nitrogens with two attached hydrogens (primary N) is 1. The molecule has 29 heavy (non-hydrogen) atoms. The number of carbonyl (C=O) groups is 2. The van der Waals surface area contributed by atoms with Gasteiger partial charge in [0.2, 0.25) is 15.9 Å². The van der Waals surface area contributed by atoms with E-state index >= 15 is 0 Å². The molecule has 2 heterocycles. The number of benzene rings is 1. The Balaban J connectivity index is 1.63. The van der Waals surface area contributed by atoms with E-state index in [-0.39, 0.29) is 29.8 Å². The smallest absolute Gasteiger partial charge is 0.269 e. The van der Waals surface area contributed by atoms with Crippen molar-refractivity contribution in [1.82, 2.24) is 14.1 Å². The van der Waals surface area contributed by atoms with Crippen LogP contribution in [0.3, 0.4) is 0 Å². The fourth-order valence-corrected chi connectivity index (χ4v) is 4.93. The van der Waals surface area contributed by atoms with Crippen molar-refractivity contribution in [1.29, 1.82) is 0 Å². The molecule has 0 aliphatic carbocycles. The van der Waals surface area contributed by atoms with Crippen LogP contribution in [0.25, 0.3) is 5.69 Å². The predicted molar refractivity (Wildman–Crippen MR) is 109 cm³/mol. The Bertz CT molecular complexity index is 984. The molecule has 3 rings (SSSR count). The van der Waals surface area contributed by atoms with Crippen molar-refractivity contribution in [3.63, 3.8) is 0 Å². The number of sulfonamides is 1. The molecule has 2 amide bonds. The van der Waals surface area contributed by atoms with Gasteiger partial charge in [0.1, 0.15) is 5.69 Å². The Hall–Kier alpha value is -2.72. The SMILES string of the molecule is CCCS(=O)(=O)N1CCCC(C(=O)Nc2ccc(-n3ccc(C(N)=O)n3)cc2)C1. The molecule has 1 fully saturated rings. The first-order chi connectivity index (χ1) is 13.8. The van der Waals surface area contributed by atoms with Crippen LogP contribution in [0.1, 0.15) is 36.7 Å². The molecule has 2 aromatic rings. The molecule has 1 atom stereocenters.